The first-order valence-corrected chi connectivity index (χ1v) is 14.7. The summed E-state index contributed by atoms with van der Waals surface area (Å²) in [7, 11) is 0. The Labute approximate surface area is 245 Å². The second-order valence-corrected chi connectivity index (χ2v) is 11.4. The van der Waals surface area contributed by atoms with E-state index >= 15 is 0 Å². The van der Waals surface area contributed by atoms with Crippen LogP contribution in [0.3, 0.4) is 0 Å². The van der Waals surface area contributed by atoms with Crippen LogP contribution in [0.1, 0.15) is 25.6 Å². The SMILES string of the molecule is CC(C)c1nc2ccccc2n1-c1ccc(-c2c3ccccc3c(-c3cccc4ccccc34)c3ccccc23)cc1. The van der Waals surface area contributed by atoms with Crippen LogP contribution in [-0.2, 0) is 0 Å². The molecule has 0 spiro atoms. The molecule has 0 amide bonds. The normalized spacial score (nSPS) is 11.8. The lowest BCUT2D eigenvalue weighted by Gasteiger charge is -2.19. The molecule has 1 heterocycles. The Bertz CT molecular complexity index is 2210. The Morgan fingerprint density at radius 2 is 1.05 bits per heavy atom. The number of para-hydroxylation sites is 2. The van der Waals surface area contributed by atoms with Gasteiger partial charge in [0.1, 0.15) is 5.82 Å². The van der Waals surface area contributed by atoms with Crippen molar-refractivity contribution >= 4 is 43.4 Å². The largest absolute Gasteiger partial charge is 0.296 e. The van der Waals surface area contributed by atoms with Gasteiger partial charge in [-0.2, -0.15) is 0 Å². The van der Waals surface area contributed by atoms with Crippen molar-refractivity contribution < 1.29 is 0 Å². The summed E-state index contributed by atoms with van der Waals surface area (Å²) in [5.41, 5.74) is 8.37. The lowest BCUT2D eigenvalue weighted by Crippen LogP contribution is -2.03. The van der Waals surface area contributed by atoms with Crippen LogP contribution in [0.2, 0.25) is 0 Å². The van der Waals surface area contributed by atoms with Crippen LogP contribution in [0.15, 0.2) is 140 Å². The van der Waals surface area contributed by atoms with Crippen molar-refractivity contribution in [2.45, 2.75) is 19.8 Å². The summed E-state index contributed by atoms with van der Waals surface area (Å²) in [5.74, 6) is 1.39. The summed E-state index contributed by atoms with van der Waals surface area (Å²) in [6, 6.07) is 50.6. The summed E-state index contributed by atoms with van der Waals surface area (Å²) in [6.07, 6.45) is 0. The highest BCUT2D eigenvalue weighted by Crippen LogP contribution is 2.45. The molecule has 0 saturated carbocycles. The lowest BCUT2D eigenvalue weighted by molar-refractivity contribution is 0.760. The molecule has 0 N–H and O–H groups in total. The minimum absolute atomic E-state index is 0.312. The van der Waals surface area contributed by atoms with Gasteiger partial charge in [-0.05, 0) is 78.8 Å². The first kappa shape index (κ1) is 24.6. The van der Waals surface area contributed by atoms with Crippen molar-refractivity contribution in [3.8, 4) is 27.9 Å². The third-order valence-electron chi connectivity index (χ3n) is 8.51. The monoisotopic (exact) mass is 538 g/mol. The van der Waals surface area contributed by atoms with Gasteiger partial charge in [-0.3, -0.25) is 4.57 Å². The highest BCUT2D eigenvalue weighted by molar-refractivity contribution is 6.23. The molecule has 0 radical (unpaired) electrons. The number of rotatable bonds is 4. The molecule has 0 unspecified atom stereocenters. The third-order valence-corrected chi connectivity index (χ3v) is 8.51. The summed E-state index contributed by atoms with van der Waals surface area (Å²) < 4.78 is 2.31. The number of benzene rings is 7. The van der Waals surface area contributed by atoms with Gasteiger partial charge >= 0.3 is 0 Å². The molecule has 7 aromatic carbocycles. The van der Waals surface area contributed by atoms with Crippen molar-refractivity contribution in [2.24, 2.45) is 0 Å². The Morgan fingerprint density at radius 1 is 0.500 bits per heavy atom. The molecule has 8 aromatic rings. The zero-order valence-corrected chi connectivity index (χ0v) is 23.8. The highest BCUT2D eigenvalue weighted by Gasteiger charge is 2.19. The maximum atomic E-state index is 4.97. The molecule has 0 atom stereocenters. The Kier molecular flexibility index (Phi) is 5.68. The van der Waals surface area contributed by atoms with E-state index in [1.54, 1.807) is 0 Å². The molecule has 0 aliphatic rings. The zero-order valence-electron chi connectivity index (χ0n) is 23.8. The van der Waals surface area contributed by atoms with Gasteiger partial charge in [0.05, 0.1) is 11.0 Å². The zero-order chi connectivity index (χ0) is 28.2. The lowest BCUT2D eigenvalue weighted by atomic mass is 9.85. The molecule has 2 nitrogen and oxygen atoms in total. The predicted octanol–water partition coefficient (Wildman–Crippen LogP) is 10.9. The molecular weight excluding hydrogens is 508 g/mol. The van der Waals surface area contributed by atoms with E-state index in [1.807, 2.05) is 0 Å². The van der Waals surface area contributed by atoms with Gasteiger partial charge in [0.2, 0.25) is 0 Å². The Hall–Kier alpha value is -5.21. The molecule has 42 heavy (non-hydrogen) atoms. The van der Waals surface area contributed by atoms with E-state index in [4.69, 9.17) is 4.98 Å². The van der Waals surface area contributed by atoms with Gasteiger partial charge in [-0.1, -0.05) is 129 Å². The van der Waals surface area contributed by atoms with Gasteiger partial charge in [-0.15, -0.1) is 0 Å². The van der Waals surface area contributed by atoms with Crippen LogP contribution in [-0.4, -0.2) is 9.55 Å². The van der Waals surface area contributed by atoms with Crippen molar-refractivity contribution in [1.82, 2.24) is 9.55 Å². The molecule has 0 aliphatic carbocycles. The van der Waals surface area contributed by atoms with E-state index in [-0.39, 0.29) is 0 Å². The number of nitrogens with zero attached hydrogens (tertiary/aromatic N) is 2. The van der Waals surface area contributed by atoms with E-state index in [0.29, 0.717) is 5.92 Å². The van der Waals surface area contributed by atoms with Crippen molar-refractivity contribution in [2.75, 3.05) is 0 Å². The molecule has 2 heteroatoms. The minimum Gasteiger partial charge on any atom is -0.296 e. The summed E-state index contributed by atoms with van der Waals surface area (Å²) in [4.78, 5) is 4.97. The van der Waals surface area contributed by atoms with Gasteiger partial charge in [0.25, 0.3) is 0 Å². The second-order valence-electron chi connectivity index (χ2n) is 11.4. The fourth-order valence-electron chi connectivity index (χ4n) is 6.65. The molecular formula is C40H30N2. The van der Waals surface area contributed by atoms with E-state index in [0.717, 1.165) is 22.5 Å². The van der Waals surface area contributed by atoms with Gasteiger partial charge in [-0.25, -0.2) is 4.98 Å². The first-order valence-electron chi connectivity index (χ1n) is 14.7. The fraction of sp³-hybridized carbons (Fsp3) is 0.0750. The average Bonchev–Trinajstić information content (AvgIpc) is 3.44. The molecule has 200 valence electrons. The van der Waals surface area contributed by atoms with Crippen LogP contribution in [0, 0.1) is 0 Å². The standard InChI is InChI=1S/C40H30N2/c1-26(2)40-41-36-20-9-10-21-37(36)42(40)29-24-22-28(23-25-29)38-32-15-5-7-17-34(32)39(35-18-8-6-16-33(35)38)31-19-11-13-27-12-3-4-14-30(27)31/h3-26H,1-2H3. The van der Waals surface area contributed by atoms with E-state index in [2.05, 4.69) is 158 Å². The minimum atomic E-state index is 0.312. The van der Waals surface area contributed by atoms with Crippen LogP contribution in [0.5, 0.6) is 0 Å². The molecule has 1 aromatic heterocycles. The van der Waals surface area contributed by atoms with Crippen LogP contribution >= 0.6 is 0 Å². The number of imidazole rings is 1. The third kappa shape index (κ3) is 3.76. The van der Waals surface area contributed by atoms with Crippen LogP contribution in [0.25, 0.3) is 71.3 Å². The molecule has 0 saturated heterocycles. The van der Waals surface area contributed by atoms with Crippen LogP contribution in [0.4, 0.5) is 0 Å². The van der Waals surface area contributed by atoms with Gasteiger partial charge in [0.15, 0.2) is 0 Å². The number of hydrogen-bond acceptors (Lipinski definition) is 1. The maximum absolute atomic E-state index is 4.97. The Balaban J connectivity index is 1.38. The summed E-state index contributed by atoms with van der Waals surface area (Å²) in [6.45, 7) is 4.42. The van der Waals surface area contributed by atoms with E-state index in [9.17, 15) is 0 Å². The quantitative estimate of drug-likeness (QED) is 0.204. The maximum Gasteiger partial charge on any atom is 0.117 e. The summed E-state index contributed by atoms with van der Waals surface area (Å²) in [5, 5.41) is 7.62. The van der Waals surface area contributed by atoms with Crippen LogP contribution < -0.4 is 0 Å². The molecule has 0 bridgehead atoms. The smallest absolute Gasteiger partial charge is 0.117 e. The second kappa shape index (κ2) is 9.71. The van der Waals surface area contributed by atoms with E-state index in [1.165, 1.54) is 54.6 Å². The van der Waals surface area contributed by atoms with Crippen molar-refractivity contribution in [3.63, 3.8) is 0 Å². The van der Waals surface area contributed by atoms with Crippen molar-refractivity contribution in [3.05, 3.63) is 145 Å². The van der Waals surface area contributed by atoms with E-state index < -0.39 is 0 Å². The predicted molar refractivity (Wildman–Crippen MR) is 179 cm³/mol. The van der Waals surface area contributed by atoms with Gasteiger partial charge < -0.3 is 0 Å². The fourth-order valence-corrected chi connectivity index (χ4v) is 6.65. The molecule has 8 rings (SSSR count). The van der Waals surface area contributed by atoms with Crippen molar-refractivity contribution in [1.29, 1.82) is 0 Å². The highest BCUT2D eigenvalue weighted by atomic mass is 15.1. The number of hydrogen-bond donors (Lipinski definition) is 0. The topological polar surface area (TPSA) is 17.8 Å². The number of aromatic nitrogens is 2. The summed E-state index contributed by atoms with van der Waals surface area (Å²) >= 11 is 0. The number of fused-ring (bicyclic) bond motifs is 4. The molecule has 0 aliphatic heterocycles. The first-order chi connectivity index (χ1) is 20.7. The average molecular weight is 539 g/mol. The molecule has 0 fully saturated rings. The van der Waals surface area contributed by atoms with Gasteiger partial charge in [0, 0.05) is 11.6 Å². The Morgan fingerprint density at radius 3 is 1.71 bits per heavy atom.